The van der Waals surface area contributed by atoms with Crippen molar-refractivity contribution in [3.8, 4) is 0 Å². The Morgan fingerprint density at radius 2 is 2.03 bits per heavy atom. The third kappa shape index (κ3) is 5.03. The number of sulfonamides is 1. The molecule has 1 atom stereocenters. The summed E-state index contributed by atoms with van der Waals surface area (Å²) in [5.41, 5.74) is 0.913. The highest BCUT2D eigenvalue weighted by molar-refractivity contribution is 7.89. The minimum atomic E-state index is -3.86. The summed E-state index contributed by atoms with van der Waals surface area (Å²) in [6.45, 7) is 2.04. The van der Waals surface area contributed by atoms with Crippen molar-refractivity contribution in [1.82, 2.24) is 14.4 Å². The second kappa shape index (κ2) is 9.20. The maximum atomic E-state index is 13.3. The lowest BCUT2D eigenvalue weighted by Gasteiger charge is -2.31. The van der Waals surface area contributed by atoms with Gasteiger partial charge in [-0.05, 0) is 44.0 Å². The second-order valence-corrected chi connectivity index (χ2v) is 9.75. The molecule has 0 saturated carbocycles. The van der Waals surface area contributed by atoms with Gasteiger partial charge in [0.15, 0.2) is 10.7 Å². The van der Waals surface area contributed by atoms with Gasteiger partial charge in [-0.25, -0.2) is 8.42 Å². The van der Waals surface area contributed by atoms with Crippen LogP contribution in [0.2, 0.25) is 5.02 Å². The summed E-state index contributed by atoms with van der Waals surface area (Å²) < 4.78 is 33.2. The molecule has 1 aromatic carbocycles. The number of hydrogen-bond donors (Lipinski definition) is 1. The third-order valence-corrected chi connectivity index (χ3v) is 7.10. The number of anilines is 1. The highest BCUT2D eigenvalue weighted by atomic mass is 35.5. The van der Waals surface area contributed by atoms with Crippen molar-refractivity contribution in [3.05, 3.63) is 46.9 Å². The van der Waals surface area contributed by atoms with Crippen molar-refractivity contribution in [3.63, 3.8) is 0 Å². The molecule has 0 bridgehead atoms. The summed E-state index contributed by atoms with van der Waals surface area (Å²) in [4.78, 5) is 14.5. The fourth-order valence-electron chi connectivity index (χ4n) is 3.30. The highest BCUT2D eigenvalue weighted by Gasteiger charge is 2.36. The van der Waals surface area contributed by atoms with E-state index in [1.807, 2.05) is 14.1 Å². The van der Waals surface area contributed by atoms with E-state index >= 15 is 0 Å². The lowest BCUT2D eigenvalue weighted by Crippen LogP contribution is -2.43. The van der Waals surface area contributed by atoms with Crippen LogP contribution in [0, 0.1) is 12.8 Å². The Hall–Kier alpha value is -2.36. The molecule has 2 aromatic rings. The third-order valence-electron chi connectivity index (χ3n) is 4.82. The second-order valence-electron chi connectivity index (χ2n) is 7.44. The van der Waals surface area contributed by atoms with Crippen molar-refractivity contribution in [2.24, 2.45) is 5.92 Å². The molecule has 1 N–H and O–H groups in total. The number of carbonyl (C=O) groups excluding carboxylic acids is 1. The van der Waals surface area contributed by atoms with Crippen LogP contribution in [0.4, 0.5) is 5.69 Å². The average Bonchev–Trinajstić information content (AvgIpc) is 3.09. The molecule has 0 spiro atoms. The van der Waals surface area contributed by atoms with Gasteiger partial charge in [-0.15, -0.1) is 0 Å². The summed E-state index contributed by atoms with van der Waals surface area (Å²) in [6.07, 6.45) is 4.46. The number of benzene rings is 1. The number of piperidine rings is 1. The minimum absolute atomic E-state index is 0.0411. The van der Waals surface area contributed by atoms with Crippen molar-refractivity contribution in [2.45, 2.75) is 24.7 Å². The first kappa shape index (κ1) is 22.3. The largest absolute Gasteiger partial charge is 0.383 e. The number of aromatic nitrogens is 1. The quantitative estimate of drug-likeness (QED) is 0.723. The first-order valence-electron chi connectivity index (χ1n) is 9.56. The van der Waals surface area contributed by atoms with Crippen LogP contribution in [-0.2, 0) is 14.8 Å². The zero-order valence-corrected chi connectivity index (χ0v) is 18.7. The molecule has 0 aliphatic carbocycles. The van der Waals surface area contributed by atoms with E-state index in [1.165, 1.54) is 4.31 Å². The Morgan fingerprint density at radius 3 is 2.70 bits per heavy atom. The van der Waals surface area contributed by atoms with Gasteiger partial charge in [0, 0.05) is 50.2 Å². The first-order valence-corrected chi connectivity index (χ1v) is 11.4. The van der Waals surface area contributed by atoms with Crippen LogP contribution in [0.15, 0.2) is 39.9 Å². The monoisotopic (exact) mass is 452 g/mol. The molecule has 1 amide bonds. The van der Waals surface area contributed by atoms with Gasteiger partial charge in [-0.2, -0.15) is 4.31 Å². The topological polar surface area (TPSA) is 95.8 Å². The van der Waals surface area contributed by atoms with Crippen LogP contribution in [0.25, 0.3) is 6.08 Å². The molecule has 1 unspecified atom stereocenters. The first-order chi connectivity index (χ1) is 14.2. The smallest absolute Gasteiger partial charge is 0.248 e. The number of nitrogens with one attached hydrogen (secondary N) is 1. The van der Waals surface area contributed by atoms with Gasteiger partial charge in [0.1, 0.15) is 5.69 Å². The molecular formula is C20H25ClN4O4S. The van der Waals surface area contributed by atoms with Crippen molar-refractivity contribution < 1.29 is 17.7 Å². The van der Waals surface area contributed by atoms with E-state index in [0.717, 1.165) is 0 Å². The zero-order valence-electron chi connectivity index (χ0n) is 17.1. The van der Waals surface area contributed by atoms with Crippen molar-refractivity contribution >= 4 is 39.3 Å². The van der Waals surface area contributed by atoms with Crippen LogP contribution < -0.4 is 5.32 Å². The molecule has 8 nitrogen and oxygen atoms in total. The van der Waals surface area contributed by atoms with Gasteiger partial charge in [-0.3, -0.25) is 4.79 Å². The Bertz CT molecular complexity index is 1030. The van der Waals surface area contributed by atoms with E-state index in [2.05, 4.69) is 10.5 Å². The molecule has 0 radical (unpaired) electrons. The fraction of sp³-hybridized carbons (Fsp3) is 0.400. The fourth-order valence-corrected chi connectivity index (χ4v) is 5.20. The normalized spacial score (nSPS) is 17.9. The maximum absolute atomic E-state index is 13.3. The summed E-state index contributed by atoms with van der Waals surface area (Å²) in [7, 11) is -0.219. The molecule has 10 heteroatoms. The predicted molar refractivity (Wildman–Crippen MR) is 116 cm³/mol. The number of rotatable bonds is 6. The average molecular weight is 453 g/mol. The van der Waals surface area contributed by atoms with Gasteiger partial charge in [0.2, 0.25) is 15.9 Å². The lowest BCUT2D eigenvalue weighted by atomic mass is 9.99. The SMILES string of the molecule is Cc1noc(/C=C/N(C)C)c1S(=O)(=O)N1CCCC(C(=O)Nc2ccc(Cl)cc2)C1. The summed E-state index contributed by atoms with van der Waals surface area (Å²) in [5, 5.41) is 7.24. The molecule has 3 rings (SSSR count). The number of aryl methyl sites for hydroxylation is 1. The van der Waals surface area contributed by atoms with Crippen molar-refractivity contribution in [2.75, 3.05) is 32.5 Å². The molecule has 2 heterocycles. The van der Waals surface area contributed by atoms with Crippen LogP contribution in [0.3, 0.4) is 0 Å². The van der Waals surface area contributed by atoms with E-state index in [-0.39, 0.29) is 23.1 Å². The van der Waals surface area contributed by atoms with Crippen molar-refractivity contribution in [1.29, 1.82) is 0 Å². The number of nitrogens with zero attached hydrogens (tertiary/aromatic N) is 3. The van der Waals surface area contributed by atoms with E-state index < -0.39 is 15.9 Å². The van der Waals surface area contributed by atoms with Crippen LogP contribution in [-0.4, -0.2) is 55.9 Å². The highest BCUT2D eigenvalue weighted by Crippen LogP contribution is 2.29. The molecule has 30 heavy (non-hydrogen) atoms. The number of halogens is 1. The number of hydrogen-bond acceptors (Lipinski definition) is 6. The van der Waals surface area contributed by atoms with Gasteiger partial charge in [-0.1, -0.05) is 16.8 Å². The summed E-state index contributed by atoms with van der Waals surface area (Å²) >= 11 is 5.87. The maximum Gasteiger partial charge on any atom is 0.248 e. The molecule has 1 aliphatic heterocycles. The Balaban J connectivity index is 1.78. The van der Waals surface area contributed by atoms with E-state index in [9.17, 15) is 13.2 Å². The standard InChI is InChI=1S/C20H25ClN4O4S/c1-14-19(18(29-23-14)10-12-24(2)3)30(27,28)25-11-4-5-15(13-25)20(26)22-17-8-6-16(21)7-9-17/h6-10,12,15H,4-5,11,13H2,1-3H3,(H,22,26)/b12-10+. The van der Waals surface area contributed by atoms with E-state index in [1.54, 1.807) is 48.4 Å². The van der Waals surface area contributed by atoms with Gasteiger partial charge >= 0.3 is 0 Å². The van der Waals surface area contributed by atoms with Crippen LogP contribution in [0.5, 0.6) is 0 Å². The molecular weight excluding hydrogens is 428 g/mol. The van der Waals surface area contributed by atoms with E-state index in [4.69, 9.17) is 16.1 Å². The van der Waals surface area contributed by atoms with E-state index in [0.29, 0.717) is 35.8 Å². The molecule has 162 valence electrons. The zero-order chi connectivity index (χ0) is 21.9. The van der Waals surface area contributed by atoms with Crippen LogP contribution in [0.1, 0.15) is 24.3 Å². The van der Waals surface area contributed by atoms with Gasteiger partial charge < -0.3 is 14.7 Å². The lowest BCUT2D eigenvalue weighted by molar-refractivity contribution is -0.120. The molecule has 1 aliphatic rings. The number of carbonyl (C=O) groups is 1. The summed E-state index contributed by atoms with van der Waals surface area (Å²) in [6, 6.07) is 6.79. The summed E-state index contributed by atoms with van der Waals surface area (Å²) in [5.74, 6) is -0.494. The molecule has 1 aromatic heterocycles. The Labute approximate surface area is 181 Å². The van der Waals surface area contributed by atoms with Gasteiger partial charge in [0.25, 0.3) is 0 Å². The minimum Gasteiger partial charge on any atom is -0.383 e. The van der Waals surface area contributed by atoms with Gasteiger partial charge in [0.05, 0.1) is 5.92 Å². The Kier molecular flexibility index (Phi) is 6.84. The Morgan fingerprint density at radius 1 is 1.33 bits per heavy atom. The number of amides is 1. The molecule has 1 fully saturated rings. The van der Waals surface area contributed by atoms with Crippen LogP contribution >= 0.6 is 11.6 Å². The predicted octanol–water partition coefficient (Wildman–Crippen LogP) is 3.21. The molecule has 1 saturated heterocycles.